The van der Waals surface area contributed by atoms with Crippen molar-refractivity contribution < 1.29 is 23.1 Å². The van der Waals surface area contributed by atoms with E-state index < -0.39 is 23.4 Å². The van der Waals surface area contributed by atoms with Gasteiger partial charge in [-0.1, -0.05) is 0 Å². The fourth-order valence-electron chi connectivity index (χ4n) is 1.26. The van der Waals surface area contributed by atoms with E-state index in [2.05, 4.69) is 10.6 Å². The fourth-order valence-corrected chi connectivity index (χ4v) is 1.26. The minimum Gasteiger partial charge on any atom is -0.506 e. The number of hydrogen-bond acceptors (Lipinski definition) is 3. The van der Waals surface area contributed by atoms with Crippen molar-refractivity contribution in [1.29, 1.82) is 0 Å². The Morgan fingerprint density at radius 2 is 2.06 bits per heavy atom. The van der Waals surface area contributed by atoms with E-state index in [9.17, 15) is 23.1 Å². The molecule has 1 amide bonds. The van der Waals surface area contributed by atoms with E-state index in [1.54, 1.807) is 7.05 Å². The van der Waals surface area contributed by atoms with Crippen molar-refractivity contribution in [1.82, 2.24) is 5.32 Å². The number of nitrogens with one attached hydrogen (secondary N) is 2. The van der Waals surface area contributed by atoms with E-state index in [4.69, 9.17) is 0 Å². The van der Waals surface area contributed by atoms with Gasteiger partial charge in [0.25, 0.3) is 0 Å². The van der Waals surface area contributed by atoms with Gasteiger partial charge in [-0.15, -0.1) is 0 Å². The van der Waals surface area contributed by atoms with Gasteiger partial charge in [0.15, 0.2) is 0 Å². The van der Waals surface area contributed by atoms with Gasteiger partial charge < -0.3 is 15.7 Å². The molecule has 0 spiro atoms. The highest BCUT2D eigenvalue weighted by Gasteiger charge is 2.31. The summed E-state index contributed by atoms with van der Waals surface area (Å²) in [4.78, 5) is 11.3. The van der Waals surface area contributed by atoms with E-state index in [0.717, 1.165) is 12.1 Å². The normalized spacial score (nSPS) is 11.3. The maximum atomic E-state index is 12.4. The van der Waals surface area contributed by atoms with Crippen molar-refractivity contribution in [2.75, 3.05) is 18.9 Å². The van der Waals surface area contributed by atoms with Crippen LogP contribution >= 0.6 is 0 Å². The molecule has 1 aromatic rings. The van der Waals surface area contributed by atoms with Gasteiger partial charge in [0.1, 0.15) is 5.75 Å². The Kier molecular flexibility index (Phi) is 4.55. The second-order valence-electron chi connectivity index (χ2n) is 3.63. The standard InChI is InChI=1S/C11H13F3N2O2/c1-15-5-4-10(18)16-8-6-7(11(12,13)14)2-3-9(8)17/h2-3,6,15,17H,4-5H2,1H3,(H,16,18). The van der Waals surface area contributed by atoms with E-state index in [1.165, 1.54) is 0 Å². The molecule has 0 aliphatic heterocycles. The predicted octanol–water partition coefficient (Wildman–Crippen LogP) is 1.96. The zero-order valence-electron chi connectivity index (χ0n) is 9.64. The lowest BCUT2D eigenvalue weighted by atomic mass is 10.1. The summed E-state index contributed by atoms with van der Waals surface area (Å²) in [6.45, 7) is 0.394. The molecule has 0 fully saturated rings. The Labute approximate surface area is 102 Å². The Morgan fingerprint density at radius 3 is 2.61 bits per heavy atom. The number of alkyl halides is 3. The summed E-state index contributed by atoms with van der Waals surface area (Å²) < 4.78 is 37.3. The van der Waals surface area contributed by atoms with Gasteiger partial charge in [0.2, 0.25) is 5.91 Å². The molecule has 0 aromatic heterocycles. The van der Waals surface area contributed by atoms with Crippen molar-refractivity contribution in [3.63, 3.8) is 0 Å². The van der Waals surface area contributed by atoms with Crippen LogP contribution in [0, 0.1) is 0 Å². The Hall–Kier alpha value is -1.76. The van der Waals surface area contributed by atoms with Crippen LogP contribution in [0.25, 0.3) is 0 Å². The zero-order valence-corrected chi connectivity index (χ0v) is 9.64. The third-order valence-corrected chi connectivity index (χ3v) is 2.20. The monoisotopic (exact) mass is 262 g/mol. The first-order valence-electron chi connectivity index (χ1n) is 5.19. The van der Waals surface area contributed by atoms with Crippen LogP contribution in [0.4, 0.5) is 18.9 Å². The molecule has 18 heavy (non-hydrogen) atoms. The van der Waals surface area contributed by atoms with Crippen LogP contribution in [-0.2, 0) is 11.0 Å². The molecule has 0 saturated heterocycles. The summed E-state index contributed by atoms with van der Waals surface area (Å²) in [6.07, 6.45) is -4.41. The Balaban J connectivity index is 2.85. The molecule has 1 rings (SSSR count). The topological polar surface area (TPSA) is 61.4 Å². The Bertz CT molecular complexity index is 433. The maximum absolute atomic E-state index is 12.4. The molecule has 0 saturated carbocycles. The van der Waals surface area contributed by atoms with E-state index >= 15 is 0 Å². The van der Waals surface area contributed by atoms with Crippen molar-refractivity contribution in [3.05, 3.63) is 23.8 Å². The van der Waals surface area contributed by atoms with Gasteiger partial charge in [0.05, 0.1) is 11.3 Å². The molecule has 0 aliphatic rings. The van der Waals surface area contributed by atoms with E-state index in [0.29, 0.717) is 12.6 Å². The van der Waals surface area contributed by atoms with Crippen LogP contribution in [0.1, 0.15) is 12.0 Å². The first kappa shape index (κ1) is 14.3. The Morgan fingerprint density at radius 1 is 1.39 bits per heavy atom. The highest BCUT2D eigenvalue weighted by Crippen LogP contribution is 2.34. The second-order valence-corrected chi connectivity index (χ2v) is 3.63. The molecule has 0 aliphatic carbocycles. The predicted molar refractivity (Wildman–Crippen MR) is 60.3 cm³/mol. The third-order valence-electron chi connectivity index (χ3n) is 2.20. The molecule has 0 bridgehead atoms. The van der Waals surface area contributed by atoms with E-state index in [1.807, 2.05) is 0 Å². The quantitative estimate of drug-likeness (QED) is 0.727. The summed E-state index contributed by atoms with van der Waals surface area (Å²) >= 11 is 0. The average Bonchev–Trinajstić information content (AvgIpc) is 2.28. The van der Waals surface area contributed by atoms with Crippen LogP contribution in [0.3, 0.4) is 0 Å². The number of aromatic hydroxyl groups is 1. The lowest BCUT2D eigenvalue weighted by Crippen LogP contribution is -2.19. The minimum absolute atomic E-state index is 0.103. The SMILES string of the molecule is CNCCC(=O)Nc1cc(C(F)(F)F)ccc1O. The first-order valence-corrected chi connectivity index (χ1v) is 5.19. The number of rotatable bonds is 4. The van der Waals surface area contributed by atoms with Crippen molar-refractivity contribution in [3.8, 4) is 5.75 Å². The largest absolute Gasteiger partial charge is 0.506 e. The average molecular weight is 262 g/mol. The van der Waals surface area contributed by atoms with Crippen molar-refractivity contribution in [2.45, 2.75) is 12.6 Å². The van der Waals surface area contributed by atoms with Gasteiger partial charge >= 0.3 is 6.18 Å². The van der Waals surface area contributed by atoms with Crippen LogP contribution < -0.4 is 10.6 Å². The lowest BCUT2D eigenvalue weighted by Gasteiger charge is -2.11. The van der Waals surface area contributed by atoms with E-state index in [-0.39, 0.29) is 12.1 Å². The fraction of sp³-hybridized carbons (Fsp3) is 0.364. The van der Waals surface area contributed by atoms with Gasteiger partial charge in [-0.2, -0.15) is 13.2 Å². The molecule has 4 nitrogen and oxygen atoms in total. The van der Waals surface area contributed by atoms with Crippen molar-refractivity contribution in [2.24, 2.45) is 0 Å². The molecule has 7 heteroatoms. The molecule has 0 heterocycles. The summed E-state index contributed by atoms with van der Waals surface area (Å²) in [5.74, 6) is -0.875. The number of phenols is 1. The van der Waals surface area contributed by atoms with Gasteiger partial charge in [0, 0.05) is 13.0 Å². The summed E-state index contributed by atoms with van der Waals surface area (Å²) in [5, 5.41) is 14.3. The van der Waals surface area contributed by atoms with Gasteiger partial charge in [-0.25, -0.2) is 0 Å². The number of hydrogen-bond donors (Lipinski definition) is 3. The number of amides is 1. The maximum Gasteiger partial charge on any atom is 0.416 e. The second kappa shape index (κ2) is 5.72. The van der Waals surface area contributed by atoms with Crippen molar-refractivity contribution >= 4 is 11.6 Å². The number of anilines is 1. The lowest BCUT2D eigenvalue weighted by molar-refractivity contribution is -0.137. The molecular weight excluding hydrogens is 249 g/mol. The number of phenolic OH excluding ortho intramolecular Hbond substituents is 1. The third kappa shape index (κ3) is 3.92. The van der Waals surface area contributed by atoms with Crippen LogP contribution in [0.2, 0.25) is 0 Å². The summed E-state index contributed by atoms with van der Waals surface area (Å²) in [6, 6.07) is 2.35. The molecule has 3 N–H and O–H groups in total. The molecule has 0 radical (unpaired) electrons. The zero-order chi connectivity index (χ0) is 13.8. The van der Waals surface area contributed by atoms with Crippen LogP contribution in [0.15, 0.2) is 18.2 Å². The molecule has 1 aromatic carbocycles. The molecule has 0 unspecified atom stereocenters. The van der Waals surface area contributed by atoms with Gasteiger partial charge in [-0.3, -0.25) is 4.79 Å². The smallest absolute Gasteiger partial charge is 0.416 e. The number of carbonyl (C=O) groups is 1. The molecular formula is C11H13F3N2O2. The molecule has 0 atom stereocenters. The minimum atomic E-state index is -4.52. The number of benzene rings is 1. The van der Waals surface area contributed by atoms with Gasteiger partial charge in [-0.05, 0) is 25.2 Å². The molecule has 100 valence electrons. The van der Waals surface area contributed by atoms with Crippen LogP contribution in [-0.4, -0.2) is 24.6 Å². The summed E-state index contributed by atoms with van der Waals surface area (Å²) in [7, 11) is 1.65. The highest BCUT2D eigenvalue weighted by molar-refractivity contribution is 5.92. The first-order chi connectivity index (χ1) is 8.34. The highest BCUT2D eigenvalue weighted by atomic mass is 19.4. The summed E-state index contributed by atoms with van der Waals surface area (Å²) in [5.41, 5.74) is -1.17. The number of carbonyl (C=O) groups excluding carboxylic acids is 1. The van der Waals surface area contributed by atoms with Crippen LogP contribution in [0.5, 0.6) is 5.75 Å². The number of halogens is 3.